The van der Waals surface area contributed by atoms with Gasteiger partial charge < -0.3 is 5.32 Å². The zero-order valence-corrected chi connectivity index (χ0v) is 13.4. The molecule has 1 aliphatic heterocycles. The van der Waals surface area contributed by atoms with Crippen LogP contribution in [0.15, 0.2) is 0 Å². The first-order valence-electron chi connectivity index (χ1n) is 7.38. The maximum Gasteiger partial charge on any atom is 0.389 e. The molecule has 8 heteroatoms. The molecule has 1 aliphatic rings. The van der Waals surface area contributed by atoms with Crippen LogP contribution >= 0.6 is 0 Å². The minimum Gasteiger partial charge on any atom is -0.314 e. The van der Waals surface area contributed by atoms with E-state index >= 15 is 0 Å². The summed E-state index contributed by atoms with van der Waals surface area (Å²) in [6.45, 7) is 5.62. The van der Waals surface area contributed by atoms with Crippen LogP contribution in [0.3, 0.4) is 0 Å². The molecule has 0 aliphatic carbocycles. The zero-order chi connectivity index (χ0) is 16.1. The Kier molecular flexibility index (Phi) is 6.93. The first kappa shape index (κ1) is 18.7. The number of rotatable bonds is 7. The topological polar surface area (TPSA) is 49.4 Å². The minimum atomic E-state index is -4.29. The summed E-state index contributed by atoms with van der Waals surface area (Å²) in [4.78, 5) is 0. The van der Waals surface area contributed by atoms with Crippen molar-refractivity contribution in [1.29, 1.82) is 0 Å². The second kappa shape index (κ2) is 7.78. The summed E-state index contributed by atoms with van der Waals surface area (Å²) in [6.07, 6.45) is -3.98. The molecule has 0 aromatic carbocycles. The molecule has 0 radical (unpaired) electrons. The second-order valence-corrected chi connectivity index (χ2v) is 8.05. The van der Waals surface area contributed by atoms with E-state index in [4.69, 9.17) is 0 Å². The average molecular weight is 330 g/mol. The van der Waals surface area contributed by atoms with Gasteiger partial charge in [-0.15, -0.1) is 0 Å². The van der Waals surface area contributed by atoms with Gasteiger partial charge in [0.2, 0.25) is 10.0 Å². The van der Waals surface area contributed by atoms with Gasteiger partial charge in [-0.2, -0.15) is 13.2 Å². The van der Waals surface area contributed by atoms with Gasteiger partial charge in [0.15, 0.2) is 0 Å². The maximum absolute atomic E-state index is 12.1. The molecule has 1 unspecified atom stereocenters. The highest BCUT2D eigenvalue weighted by atomic mass is 32.2. The molecule has 126 valence electrons. The normalized spacial score (nSPS) is 21.9. The van der Waals surface area contributed by atoms with E-state index in [2.05, 4.69) is 5.32 Å². The second-order valence-electron chi connectivity index (χ2n) is 5.96. The third-order valence-electron chi connectivity index (χ3n) is 3.55. The molecule has 21 heavy (non-hydrogen) atoms. The fourth-order valence-electron chi connectivity index (χ4n) is 2.43. The number of piperidine rings is 1. The monoisotopic (exact) mass is 330 g/mol. The van der Waals surface area contributed by atoms with Gasteiger partial charge in [-0.1, -0.05) is 13.8 Å². The summed E-state index contributed by atoms with van der Waals surface area (Å²) in [5.74, 6) is -0.185. The van der Waals surface area contributed by atoms with Crippen LogP contribution in [-0.4, -0.2) is 50.3 Å². The van der Waals surface area contributed by atoms with E-state index in [1.807, 2.05) is 13.8 Å². The van der Waals surface area contributed by atoms with Crippen molar-refractivity contribution in [3.8, 4) is 0 Å². The fraction of sp³-hybridized carbons (Fsp3) is 1.00. The number of hydrogen-bond donors (Lipinski definition) is 1. The number of halogens is 3. The van der Waals surface area contributed by atoms with E-state index in [1.54, 1.807) is 0 Å². The standard InChI is InChI=1S/C13H25F3N2O2S/c1-11(2)17-9-12-5-3-7-18(10-12)21(19,20)8-4-6-13(14,15)16/h11-12,17H,3-10H2,1-2H3. The van der Waals surface area contributed by atoms with Crippen LogP contribution in [-0.2, 0) is 10.0 Å². The van der Waals surface area contributed by atoms with Gasteiger partial charge in [0, 0.05) is 25.6 Å². The minimum absolute atomic E-state index is 0.235. The number of sulfonamides is 1. The zero-order valence-electron chi connectivity index (χ0n) is 12.6. The molecule has 1 heterocycles. The SMILES string of the molecule is CC(C)NCC1CCCN(S(=O)(=O)CCCC(F)(F)F)C1. The summed E-state index contributed by atoms with van der Waals surface area (Å²) in [5.41, 5.74) is 0. The molecule has 0 saturated carbocycles. The summed E-state index contributed by atoms with van der Waals surface area (Å²) in [6, 6.07) is 0.337. The summed E-state index contributed by atoms with van der Waals surface area (Å²) < 4.78 is 61.8. The Labute approximate surface area is 125 Å². The summed E-state index contributed by atoms with van der Waals surface area (Å²) in [7, 11) is -3.57. The molecular formula is C13H25F3N2O2S. The first-order valence-corrected chi connectivity index (χ1v) is 8.99. The van der Waals surface area contributed by atoms with Crippen LogP contribution in [0.1, 0.15) is 39.5 Å². The molecule has 0 aromatic rings. The van der Waals surface area contributed by atoms with E-state index in [9.17, 15) is 21.6 Å². The summed E-state index contributed by atoms with van der Waals surface area (Å²) in [5, 5.41) is 3.28. The Morgan fingerprint density at radius 2 is 2.00 bits per heavy atom. The molecular weight excluding hydrogens is 305 g/mol. The van der Waals surface area contributed by atoms with E-state index in [-0.39, 0.29) is 12.3 Å². The van der Waals surface area contributed by atoms with Gasteiger partial charge in [0.1, 0.15) is 0 Å². The molecule has 1 rings (SSSR count). The quantitative estimate of drug-likeness (QED) is 0.780. The molecule has 0 amide bonds. The Morgan fingerprint density at radius 1 is 1.33 bits per heavy atom. The predicted molar refractivity (Wildman–Crippen MR) is 76.5 cm³/mol. The van der Waals surface area contributed by atoms with E-state index in [0.29, 0.717) is 19.1 Å². The fourth-order valence-corrected chi connectivity index (χ4v) is 4.05. The predicted octanol–water partition coefficient (Wildman–Crippen LogP) is 2.37. The van der Waals surface area contributed by atoms with Crippen molar-refractivity contribution in [3.63, 3.8) is 0 Å². The molecule has 1 atom stereocenters. The van der Waals surface area contributed by atoms with Gasteiger partial charge in [-0.3, -0.25) is 0 Å². The third kappa shape index (κ3) is 7.46. The lowest BCUT2D eigenvalue weighted by Crippen LogP contribution is -2.44. The summed E-state index contributed by atoms with van der Waals surface area (Å²) >= 11 is 0. The smallest absolute Gasteiger partial charge is 0.314 e. The lowest BCUT2D eigenvalue weighted by molar-refractivity contribution is -0.134. The Bertz CT molecular complexity index is 410. The molecule has 0 spiro atoms. The molecule has 4 nitrogen and oxygen atoms in total. The lowest BCUT2D eigenvalue weighted by atomic mass is 9.99. The number of nitrogens with zero attached hydrogens (tertiary/aromatic N) is 1. The van der Waals surface area contributed by atoms with Crippen LogP contribution in [0.4, 0.5) is 13.2 Å². The molecule has 1 saturated heterocycles. The number of alkyl halides is 3. The molecule has 0 bridgehead atoms. The van der Waals surface area contributed by atoms with Crippen molar-refractivity contribution in [2.45, 2.75) is 51.7 Å². The molecule has 0 aromatic heterocycles. The lowest BCUT2D eigenvalue weighted by Gasteiger charge is -2.32. The highest BCUT2D eigenvalue weighted by molar-refractivity contribution is 7.89. The number of hydrogen-bond acceptors (Lipinski definition) is 3. The van der Waals surface area contributed by atoms with Crippen LogP contribution in [0.2, 0.25) is 0 Å². The third-order valence-corrected chi connectivity index (χ3v) is 5.48. The van der Waals surface area contributed by atoms with Crippen LogP contribution in [0.25, 0.3) is 0 Å². The van der Waals surface area contributed by atoms with Gasteiger partial charge in [-0.05, 0) is 31.7 Å². The molecule has 1 N–H and O–H groups in total. The van der Waals surface area contributed by atoms with Crippen molar-refractivity contribution in [3.05, 3.63) is 0 Å². The van der Waals surface area contributed by atoms with E-state index in [0.717, 1.165) is 19.4 Å². The first-order chi connectivity index (χ1) is 9.60. The average Bonchev–Trinajstić information content (AvgIpc) is 2.35. The van der Waals surface area contributed by atoms with Crippen molar-refractivity contribution in [1.82, 2.24) is 9.62 Å². The van der Waals surface area contributed by atoms with Crippen molar-refractivity contribution in [2.75, 3.05) is 25.4 Å². The van der Waals surface area contributed by atoms with Crippen molar-refractivity contribution in [2.24, 2.45) is 5.92 Å². The van der Waals surface area contributed by atoms with Crippen molar-refractivity contribution < 1.29 is 21.6 Å². The van der Waals surface area contributed by atoms with Crippen molar-refractivity contribution >= 4 is 10.0 Å². The van der Waals surface area contributed by atoms with Gasteiger partial charge in [0.05, 0.1) is 5.75 Å². The van der Waals surface area contributed by atoms with Gasteiger partial charge in [0.25, 0.3) is 0 Å². The van der Waals surface area contributed by atoms with E-state index < -0.39 is 28.4 Å². The largest absolute Gasteiger partial charge is 0.389 e. The Hall–Kier alpha value is -0.340. The molecule has 1 fully saturated rings. The highest BCUT2D eigenvalue weighted by Crippen LogP contribution is 2.24. The van der Waals surface area contributed by atoms with Crippen LogP contribution < -0.4 is 5.32 Å². The Morgan fingerprint density at radius 3 is 2.57 bits per heavy atom. The highest BCUT2D eigenvalue weighted by Gasteiger charge is 2.31. The number of nitrogens with one attached hydrogen (secondary N) is 1. The van der Waals surface area contributed by atoms with Gasteiger partial charge in [-0.25, -0.2) is 12.7 Å². The Balaban J connectivity index is 2.46. The van der Waals surface area contributed by atoms with E-state index in [1.165, 1.54) is 4.31 Å². The van der Waals surface area contributed by atoms with Crippen LogP contribution in [0, 0.1) is 5.92 Å². The maximum atomic E-state index is 12.1. The van der Waals surface area contributed by atoms with Gasteiger partial charge >= 0.3 is 6.18 Å². The van der Waals surface area contributed by atoms with Crippen LogP contribution in [0.5, 0.6) is 0 Å².